The minimum atomic E-state index is 0.0395. The first kappa shape index (κ1) is 18.6. The van der Waals surface area contributed by atoms with Crippen molar-refractivity contribution in [2.75, 3.05) is 27.3 Å². The molecule has 0 radical (unpaired) electrons. The van der Waals surface area contributed by atoms with Crippen molar-refractivity contribution in [1.82, 2.24) is 5.32 Å². The van der Waals surface area contributed by atoms with E-state index >= 15 is 0 Å². The van der Waals surface area contributed by atoms with Crippen molar-refractivity contribution in [3.63, 3.8) is 0 Å². The van der Waals surface area contributed by atoms with Crippen LogP contribution in [0.15, 0.2) is 42.0 Å². The molecule has 3 rings (SSSR count). The lowest BCUT2D eigenvalue weighted by atomic mass is 9.58. The van der Waals surface area contributed by atoms with E-state index in [4.69, 9.17) is 0 Å². The van der Waals surface area contributed by atoms with Crippen LogP contribution >= 0.6 is 0 Å². The van der Waals surface area contributed by atoms with Crippen LogP contribution in [0, 0.1) is 10.8 Å². The first-order valence-electron chi connectivity index (χ1n) is 8.47. The second-order valence-corrected chi connectivity index (χ2v) is 7.40. The number of hydrogen-bond acceptors (Lipinski definition) is 3. The summed E-state index contributed by atoms with van der Waals surface area (Å²) in [6.07, 6.45) is 6.73. The number of carbonyl (C=O) groups is 1. The summed E-state index contributed by atoms with van der Waals surface area (Å²) in [6, 6.07) is 7.96. The smallest absolute Gasteiger partial charge is 0.150 e. The highest BCUT2D eigenvalue weighted by Crippen LogP contribution is 2.54. The summed E-state index contributed by atoms with van der Waals surface area (Å²) < 4.78 is 4.25. The number of carbonyl (C=O) groups excluding carboxylic acids is 1. The summed E-state index contributed by atoms with van der Waals surface area (Å²) >= 11 is 0. The van der Waals surface area contributed by atoms with Crippen LogP contribution in [-0.4, -0.2) is 33.6 Å². The molecule has 24 heavy (non-hydrogen) atoms. The number of hydrogen-bond donors (Lipinski definition) is 1. The second kappa shape index (κ2) is 7.45. The molecule has 1 aromatic rings. The highest BCUT2D eigenvalue weighted by Gasteiger charge is 2.43. The summed E-state index contributed by atoms with van der Waals surface area (Å²) in [7, 11) is 3.25. The first-order chi connectivity index (χ1) is 11.4. The lowest BCUT2D eigenvalue weighted by molar-refractivity contribution is 0.112. The Labute approximate surface area is 145 Å². The molecule has 1 aromatic carbocycles. The van der Waals surface area contributed by atoms with E-state index < -0.39 is 0 Å². The van der Waals surface area contributed by atoms with Crippen LogP contribution in [0.25, 0.3) is 5.57 Å². The largest absolute Gasteiger partial charge is 0.388 e. The Morgan fingerprint density at radius 2 is 1.71 bits per heavy atom. The molecule has 130 valence electrons. The predicted octanol–water partition coefficient (Wildman–Crippen LogP) is 4.11. The Hall–Kier alpha value is -1.71. The number of ether oxygens (including phenoxy) is 1. The third-order valence-corrected chi connectivity index (χ3v) is 5.08. The Morgan fingerprint density at radius 3 is 2.29 bits per heavy atom. The van der Waals surface area contributed by atoms with Crippen LogP contribution in [-0.2, 0) is 4.74 Å². The summed E-state index contributed by atoms with van der Waals surface area (Å²) in [4.78, 5) is 10.8. The second-order valence-electron chi connectivity index (χ2n) is 7.40. The third-order valence-electron chi connectivity index (χ3n) is 5.08. The van der Waals surface area contributed by atoms with Gasteiger partial charge in [0.25, 0.3) is 0 Å². The van der Waals surface area contributed by atoms with Crippen LogP contribution in [0.3, 0.4) is 0 Å². The van der Waals surface area contributed by atoms with E-state index in [1.165, 1.54) is 11.1 Å². The maximum Gasteiger partial charge on any atom is 0.150 e. The van der Waals surface area contributed by atoms with Gasteiger partial charge in [0.2, 0.25) is 0 Å². The molecule has 0 fully saturated rings. The molecular formula is C21H29NO2. The van der Waals surface area contributed by atoms with Crippen molar-refractivity contribution in [2.24, 2.45) is 10.8 Å². The van der Waals surface area contributed by atoms with Crippen LogP contribution in [0.4, 0.5) is 0 Å². The average molecular weight is 327 g/mol. The van der Waals surface area contributed by atoms with Crippen LogP contribution in [0.2, 0.25) is 0 Å². The summed E-state index contributed by atoms with van der Waals surface area (Å²) in [5, 5.41) is 3.49. The number of nitrogens with one attached hydrogen (secondary N) is 1. The van der Waals surface area contributed by atoms with Crippen LogP contribution in [0.1, 0.15) is 43.1 Å². The molecule has 0 unspecified atom stereocenters. The van der Waals surface area contributed by atoms with E-state index in [9.17, 15) is 4.79 Å². The highest BCUT2D eigenvalue weighted by atomic mass is 16.4. The van der Waals surface area contributed by atoms with Gasteiger partial charge in [-0.3, -0.25) is 4.79 Å². The summed E-state index contributed by atoms with van der Waals surface area (Å²) in [6.45, 7) is 9.01. The van der Waals surface area contributed by atoms with Crippen LogP contribution in [0.5, 0.6) is 0 Å². The van der Waals surface area contributed by atoms with E-state index in [1.807, 2.05) is 12.1 Å². The minimum absolute atomic E-state index is 0.0395. The molecular weight excluding hydrogens is 298 g/mol. The van der Waals surface area contributed by atoms with Gasteiger partial charge >= 0.3 is 0 Å². The summed E-state index contributed by atoms with van der Waals surface area (Å²) in [5.74, 6) is 0. The van der Waals surface area contributed by atoms with E-state index in [2.05, 4.69) is 55.1 Å². The number of allylic oxidation sites excluding steroid dienone is 2. The molecule has 1 aliphatic heterocycles. The van der Waals surface area contributed by atoms with Crippen molar-refractivity contribution in [3.8, 4) is 0 Å². The zero-order valence-electron chi connectivity index (χ0n) is 15.5. The van der Waals surface area contributed by atoms with Gasteiger partial charge in [0, 0.05) is 43.7 Å². The zero-order chi connectivity index (χ0) is 17.8. The standard InChI is InChI=1S/C19H23NO.C2H6O/c1-18(2)16(15-6-4-14(12-21)5-7-15)8-10-19(3)13-20-11-9-17(18)19;1-3-2/h4-9,12,20H,10-11,13H2,1-3H3;1-2H3/t19-;/m1./s1. The minimum Gasteiger partial charge on any atom is -0.388 e. The van der Waals surface area contributed by atoms with E-state index in [0.29, 0.717) is 0 Å². The molecule has 1 aliphatic carbocycles. The maximum absolute atomic E-state index is 10.8. The van der Waals surface area contributed by atoms with Crippen molar-refractivity contribution >= 4 is 11.9 Å². The Bertz CT molecular complexity index is 640. The number of methoxy groups -OCH3 is 1. The van der Waals surface area contributed by atoms with Gasteiger partial charge in [0.15, 0.2) is 0 Å². The maximum atomic E-state index is 10.8. The van der Waals surface area contributed by atoms with Gasteiger partial charge < -0.3 is 10.1 Å². The number of aldehydes is 1. The molecule has 0 aromatic heterocycles. The molecule has 3 heteroatoms. The third kappa shape index (κ3) is 3.52. The highest BCUT2D eigenvalue weighted by molar-refractivity contribution is 5.79. The predicted molar refractivity (Wildman–Crippen MR) is 100 cm³/mol. The Balaban J connectivity index is 0.000000647. The molecule has 1 N–H and O–H groups in total. The molecule has 2 aliphatic rings. The first-order valence-corrected chi connectivity index (χ1v) is 8.47. The fraction of sp³-hybridized carbons (Fsp3) is 0.476. The number of rotatable bonds is 2. The van der Waals surface area contributed by atoms with Gasteiger partial charge in [0.1, 0.15) is 6.29 Å². The fourth-order valence-corrected chi connectivity index (χ4v) is 4.00. The topological polar surface area (TPSA) is 38.3 Å². The molecule has 0 saturated heterocycles. The van der Waals surface area contributed by atoms with Gasteiger partial charge in [-0.25, -0.2) is 0 Å². The number of benzene rings is 1. The Kier molecular flexibility index (Phi) is 5.79. The van der Waals surface area contributed by atoms with Crippen molar-refractivity contribution < 1.29 is 9.53 Å². The zero-order valence-corrected chi connectivity index (χ0v) is 15.5. The monoisotopic (exact) mass is 327 g/mol. The van der Waals surface area contributed by atoms with Crippen molar-refractivity contribution in [2.45, 2.75) is 27.2 Å². The van der Waals surface area contributed by atoms with Crippen LogP contribution < -0.4 is 5.32 Å². The molecule has 0 amide bonds. The molecule has 1 atom stereocenters. The number of fused-ring (bicyclic) bond motifs is 1. The fourth-order valence-electron chi connectivity index (χ4n) is 4.00. The Morgan fingerprint density at radius 1 is 1.08 bits per heavy atom. The van der Waals surface area contributed by atoms with E-state index in [-0.39, 0.29) is 10.8 Å². The average Bonchev–Trinajstić information content (AvgIpc) is 2.55. The molecule has 0 saturated carbocycles. The molecule has 1 heterocycles. The van der Waals surface area contributed by atoms with E-state index in [1.54, 1.807) is 19.8 Å². The van der Waals surface area contributed by atoms with Crippen molar-refractivity contribution in [3.05, 3.63) is 53.1 Å². The van der Waals surface area contributed by atoms with Crippen molar-refractivity contribution in [1.29, 1.82) is 0 Å². The molecule has 0 bridgehead atoms. The van der Waals surface area contributed by atoms with E-state index in [0.717, 1.165) is 31.4 Å². The van der Waals surface area contributed by atoms with Gasteiger partial charge in [0.05, 0.1) is 0 Å². The quantitative estimate of drug-likeness (QED) is 0.656. The SMILES string of the molecule is CC1(C)C(c2ccc(C=O)cc2)=CC[C@]2(C)CNCC=C12.COC. The van der Waals surface area contributed by atoms with Gasteiger partial charge in [-0.05, 0) is 17.6 Å². The normalized spacial score (nSPS) is 24.7. The van der Waals surface area contributed by atoms with Gasteiger partial charge in [-0.2, -0.15) is 0 Å². The van der Waals surface area contributed by atoms with Gasteiger partial charge in [-0.15, -0.1) is 0 Å². The molecule has 3 nitrogen and oxygen atoms in total. The lowest BCUT2D eigenvalue weighted by Gasteiger charge is -2.48. The lowest BCUT2D eigenvalue weighted by Crippen LogP contribution is -2.44. The van der Waals surface area contributed by atoms with Gasteiger partial charge in [-0.1, -0.05) is 62.8 Å². The summed E-state index contributed by atoms with van der Waals surface area (Å²) in [5.41, 5.74) is 5.16. The molecule has 0 spiro atoms.